The van der Waals surface area contributed by atoms with Crippen LogP contribution in [0.25, 0.3) is 0 Å². The average Bonchev–Trinajstić information content (AvgIpc) is 3.19. The van der Waals surface area contributed by atoms with E-state index < -0.39 is 50.8 Å². The molecule has 0 aliphatic rings. The average molecular weight is 829 g/mol. The highest BCUT2D eigenvalue weighted by molar-refractivity contribution is 7.53. The van der Waals surface area contributed by atoms with Crippen LogP contribution in [0, 0.1) is 0 Å². The maximum absolute atomic E-state index is 12.6. The number of carbonyl (C=O) groups is 2. The van der Waals surface area contributed by atoms with Gasteiger partial charge in [-0.1, -0.05) is 168 Å². The minimum absolute atomic E-state index is 0.105. The third-order valence-electron chi connectivity index (χ3n) is 9.44. The summed E-state index contributed by atoms with van der Waals surface area (Å²) in [6, 6.07) is 0. The van der Waals surface area contributed by atoms with E-state index in [1.165, 1.54) is 116 Å². The van der Waals surface area contributed by atoms with Crippen molar-refractivity contribution in [2.45, 2.75) is 212 Å². The highest BCUT2D eigenvalue weighted by Crippen LogP contribution is 2.46. The zero-order valence-corrected chi connectivity index (χ0v) is 36.4. The predicted molar refractivity (Wildman–Crippen MR) is 221 cm³/mol. The molecule has 13 nitrogen and oxygen atoms in total. The van der Waals surface area contributed by atoms with Crippen molar-refractivity contribution >= 4 is 19.5 Å². The molecule has 0 aromatic heterocycles. The minimum atomic E-state index is -4.55. The van der Waals surface area contributed by atoms with Crippen molar-refractivity contribution in [2.24, 2.45) is 0 Å². The van der Waals surface area contributed by atoms with Gasteiger partial charge in [-0.3, -0.25) is 14.2 Å². The lowest BCUT2D eigenvalue weighted by atomic mass is 10.0. The number of aliphatic hydroxyl groups excluding tert-OH is 5. The SMILES string of the molecule is CCCCCCCCCCCCCCCC(=O)OC[C@H](COP(=O)(O)C(O)COCCO)OC(=O)CCCCCCCCCCCCCCC.OCC(O)CO. The van der Waals surface area contributed by atoms with E-state index in [2.05, 4.69) is 13.8 Å². The number of rotatable bonds is 41. The van der Waals surface area contributed by atoms with Crippen LogP contribution in [0.1, 0.15) is 194 Å². The molecule has 0 radical (unpaired) electrons. The molecular weight excluding hydrogens is 743 g/mol. The fraction of sp³-hybridized carbons (Fsp3) is 0.952. The molecule has 0 spiro atoms. The summed E-state index contributed by atoms with van der Waals surface area (Å²) < 4.78 is 33.3. The molecule has 336 valence electrons. The van der Waals surface area contributed by atoms with Gasteiger partial charge in [0.2, 0.25) is 0 Å². The highest BCUT2D eigenvalue weighted by atomic mass is 31.2. The van der Waals surface area contributed by atoms with Gasteiger partial charge in [0, 0.05) is 12.8 Å². The Labute approximate surface area is 340 Å². The number of hydrogen-bond donors (Lipinski definition) is 6. The van der Waals surface area contributed by atoms with Crippen molar-refractivity contribution in [2.75, 3.05) is 46.2 Å². The summed E-state index contributed by atoms with van der Waals surface area (Å²) in [6.07, 6.45) is 29.6. The molecule has 0 saturated carbocycles. The van der Waals surface area contributed by atoms with E-state index >= 15 is 0 Å². The standard InChI is InChI=1S/C39H77O10P.C3H8O3/c1-3-5-7-9-11-13-15-17-19-21-23-25-27-29-37(41)47-33-36(34-48-50(44,45)39(43)35-46-32-31-40)49-38(42)30-28-26-24-22-20-18-16-14-12-10-8-6-4-2;4-1-3(6)2-5/h36,39-40,43H,3-35H2,1-2H3,(H,44,45);3-6H,1-2H2/t36-,39?;/m1./s1. The number of esters is 2. The molecule has 14 heteroatoms. The lowest BCUT2D eigenvalue weighted by molar-refractivity contribution is -0.161. The molecule has 56 heavy (non-hydrogen) atoms. The summed E-state index contributed by atoms with van der Waals surface area (Å²) in [7, 11) is -4.55. The second kappa shape index (κ2) is 43.4. The summed E-state index contributed by atoms with van der Waals surface area (Å²) in [4.78, 5) is 35.2. The summed E-state index contributed by atoms with van der Waals surface area (Å²) in [5.74, 6) is -2.75. The molecule has 0 bridgehead atoms. The van der Waals surface area contributed by atoms with Crippen LogP contribution in [-0.4, -0.2) is 107 Å². The topological polar surface area (TPSA) is 210 Å². The fourth-order valence-corrected chi connectivity index (χ4v) is 6.72. The molecule has 6 N–H and O–H groups in total. The van der Waals surface area contributed by atoms with Gasteiger partial charge in [0.05, 0.1) is 39.6 Å². The van der Waals surface area contributed by atoms with E-state index in [0.29, 0.717) is 12.8 Å². The Morgan fingerprint density at radius 3 is 1.27 bits per heavy atom. The first-order valence-electron chi connectivity index (χ1n) is 22.2. The van der Waals surface area contributed by atoms with Crippen LogP contribution < -0.4 is 0 Å². The van der Waals surface area contributed by atoms with Crippen LogP contribution in [0.5, 0.6) is 0 Å². The summed E-state index contributed by atoms with van der Waals surface area (Å²) in [5.41, 5.74) is 0. The quantitative estimate of drug-likeness (QED) is 0.0195. The van der Waals surface area contributed by atoms with Gasteiger partial charge in [-0.2, -0.15) is 0 Å². The molecule has 0 amide bonds. The van der Waals surface area contributed by atoms with Crippen LogP contribution in [-0.2, 0) is 32.9 Å². The van der Waals surface area contributed by atoms with Gasteiger partial charge in [0.15, 0.2) is 11.9 Å². The Kier molecular flexibility index (Phi) is 44.2. The number of aliphatic hydroxyl groups is 5. The fourth-order valence-electron chi connectivity index (χ4n) is 5.87. The van der Waals surface area contributed by atoms with Crippen LogP contribution in [0.15, 0.2) is 0 Å². The lowest BCUT2D eigenvalue weighted by Crippen LogP contribution is -2.30. The Bertz CT molecular complexity index is 891. The molecule has 0 saturated heterocycles. The predicted octanol–water partition coefficient (Wildman–Crippen LogP) is 8.27. The van der Waals surface area contributed by atoms with E-state index in [0.717, 1.165) is 38.5 Å². The van der Waals surface area contributed by atoms with Gasteiger partial charge in [-0.15, -0.1) is 0 Å². The van der Waals surface area contributed by atoms with Crippen LogP contribution in [0.3, 0.4) is 0 Å². The maximum atomic E-state index is 12.6. The minimum Gasteiger partial charge on any atom is -0.462 e. The third kappa shape index (κ3) is 41.0. The molecule has 0 aromatic rings. The van der Waals surface area contributed by atoms with Crippen molar-refractivity contribution in [3.63, 3.8) is 0 Å². The molecule has 0 aliphatic carbocycles. The second-order valence-electron chi connectivity index (χ2n) is 14.9. The lowest BCUT2D eigenvalue weighted by Gasteiger charge is -2.22. The van der Waals surface area contributed by atoms with Crippen LogP contribution in [0.4, 0.5) is 0 Å². The van der Waals surface area contributed by atoms with Gasteiger partial charge in [-0.25, -0.2) is 0 Å². The van der Waals surface area contributed by atoms with E-state index in [1.807, 2.05) is 0 Å². The van der Waals surface area contributed by atoms with Crippen molar-refractivity contribution in [3.8, 4) is 0 Å². The summed E-state index contributed by atoms with van der Waals surface area (Å²) >= 11 is 0. The van der Waals surface area contributed by atoms with Gasteiger partial charge in [0.1, 0.15) is 12.7 Å². The summed E-state index contributed by atoms with van der Waals surface area (Å²) in [5, 5.41) is 42.8. The van der Waals surface area contributed by atoms with Gasteiger partial charge in [0.25, 0.3) is 0 Å². The molecule has 0 aliphatic heterocycles. The van der Waals surface area contributed by atoms with Crippen molar-refractivity contribution < 1.29 is 63.3 Å². The van der Waals surface area contributed by atoms with Crippen LogP contribution in [0.2, 0.25) is 0 Å². The second-order valence-corrected chi connectivity index (χ2v) is 16.9. The molecular formula is C42H85O13P. The van der Waals surface area contributed by atoms with Gasteiger partial charge >= 0.3 is 19.5 Å². The molecule has 2 unspecified atom stereocenters. The zero-order valence-electron chi connectivity index (χ0n) is 35.5. The monoisotopic (exact) mass is 829 g/mol. The number of unbranched alkanes of at least 4 members (excludes halogenated alkanes) is 24. The zero-order chi connectivity index (χ0) is 42.0. The first kappa shape index (κ1) is 56.9. The Balaban J connectivity index is 0. The van der Waals surface area contributed by atoms with E-state index in [4.69, 9.17) is 39.2 Å². The van der Waals surface area contributed by atoms with Gasteiger partial charge in [-0.05, 0) is 12.8 Å². The summed E-state index contributed by atoms with van der Waals surface area (Å²) in [6.45, 7) is 2.00. The van der Waals surface area contributed by atoms with Crippen molar-refractivity contribution in [3.05, 3.63) is 0 Å². The smallest absolute Gasteiger partial charge is 0.358 e. The maximum Gasteiger partial charge on any atom is 0.358 e. The molecule has 3 atom stereocenters. The van der Waals surface area contributed by atoms with Crippen molar-refractivity contribution in [1.82, 2.24) is 0 Å². The van der Waals surface area contributed by atoms with E-state index in [1.54, 1.807) is 0 Å². The van der Waals surface area contributed by atoms with E-state index in [9.17, 15) is 24.2 Å². The Morgan fingerprint density at radius 1 is 0.536 bits per heavy atom. The van der Waals surface area contributed by atoms with Crippen LogP contribution >= 0.6 is 7.60 Å². The highest BCUT2D eigenvalue weighted by Gasteiger charge is 2.33. The first-order chi connectivity index (χ1) is 27.1. The van der Waals surface area contributed by atoms with Crippen molar-refractivity contribution in [1.29, 1.82) is 0 Å². The molecule has 0 aromatic carbocycles. The largest absolute Gasteiger partial charge is 0.462 e. The number of ether oxygens (including phenoxy) is 3. The normalized spacial score (nSPS) is 13.5. The molecule has 0 rings (SSSR count). The number of hydrogen-bond acceptors (Lipinski definition) is 12. The third-order valence-corrected chi connectivity index (χ3v) is 10.9. The Morgan fingerprint density at radius 2 is 0.911 bits per heavy atom. The molecule has 0 heterocycles. The number of carbonyl (C=O) groups excluding carboxylic acids is 2. The molecule has 0 fully saturated rings. The Hall–Kier alpha value is -1.15. The van der Waals surface area contributed by atoms with E-state index in [-0.39, 0.29) is 45.9 Å². The first-order valence-corrected chi connectivity index (χ1v) is 23.8. The van der Waals surface area contributed by atoms with Gasteiger partial charge < -0.3 is 49.2 Å².